The molecule has 2 aliphatic carbocycles. The van der Waals surface area contributed by atoms with E-state index in [-0.39, 0.29) is 35.5 Å². The molecule has 5 heteroatoms. The molecule has 1 aromatic heterocycles. The Morgan fingerprint density at radius 2 is 1.85 bits per heavy atom. The van der Waals surface area contributed by atoms with Crippen LogP contribution in [0.4, 0.5) is 0 Å². The Bertz CT molecular complexity index is 1050. The van der Waals surface area contributed by atoms with E-state index in [4.69, 9.17) is 6.42 Å². The molecule has 27 heavy (non-hydrogen) atoms. The van der Waals surface area contributed by atoms with Crippen LogP contribution in [0.3, 0.4) is 0 Å². The minimum Gasteiger partial charge on any atom is -0.333 e. The van der Waals surface area contributed by atoms with Crippen LogP contribution in [0.25, 0.3) is 10.9 Å². The smallest absolute Gasteiger partial charge is 0.254 e. The van der Waals surface area contributed by atoms with Gasteiger partial charge in [-0.05, 0) is 31.2 Å². The third kappa shape index (κ3) is 2.10. The lowest BCUT2D eigenvalue weighted by atomic mass is 9.85. The summed E-state index contributed by atoms with van der Waals surface area (Å²) in [7, 11) is 0. The highest BCUT2D eigenvalue weighted by atomic mass is 16.2. The number of aromatic nitrogens is 1. The minimum absolute atomic E-state index is 0.164. The molecule has 1 saturated heterocycles. The van der Waals surface area contributed by atoms with Crippen molar-refractivity contribution >= 4 is 28.9 Å². The number of carbonyl (C=O) groups excluding carboxylic acids is 2. The zero-order valence-electron chi connectivity index (χ0n) is 15.0. The number of amides is 2. The Morgan fingerprint density at radius 3 is 2.52 bits per heavy atom. The van der Waals surface area contributed by atoms with E-state index in [1.807, 2.05) is 35.8 Å². The maximum absolute atomic E-state index is 12.8. The van der Waals surface area contributed by atoms with Crippen molar-refractivity contribution in [3.63, 3.8) is 0 Å². The van der Waals surface area contributed by atoms with Crippen LogP contribution in [0.15, 0.2) is 41.5 Å². The number of carbonyl (C=O) groups is 2. The van der Waals surface area contributed by atoms with Crippen molar-refractivity contribution in [2.45, 2.75) is 19.9 Å². The van der Waals surface area contributed by atoms with Gasteiger partial charge in [0, 0.05) is 22.2 Å². The van der Waals surface area contributed by atoms with Crippen molar-refractivity contribution in [3.8, 4) is 12.3 Å². The Labute approximate surface area is 157 Å². The van der Waals surface area contributed by atoms with Crippen molar-refractivity contribution in [2.24, 2.45) is 28.8 Å². The minimum atomic E-state index is -0.228. The van der Waals surface area contributed by atoms with E-state index in [2.05, 4.69) is 23.2 Å². The van der Waals surface area contributed by atoms with Gasteiger partial charge in [0.1, 0.15) is 0 Å². The predicted octanol–water partition coefficient (Wildman–Crippen LogP) is 2.72. The van der Waals surface area contributed by atoms with Gasteiger partial charge in [-0.1, -0.05) is 36.3 Å². The molecule has 4 atom stereocenters. The number of rotatable bonds is 3. The average Bonchev–Trinajstić information content (AvgIpc) is 3.40. The molecule has 2 heterocycles. The lowest BCUT2D eigenvalue weighted by Crippen LogP contribution is -2.28. The van der Waals surface area contributed by atoms with Crippen LogP contribution in [0, 0.1) is 42.9 Å². The maximum atomic E-state index is 12.8. The van der Waals surface area contributed by atoms with Crippen molar-refractivity contribution in [1.82, 2.24) is 9.58 Å². The molecule has 3 aliphatic rings. The number of benzene rings is 1. The quantitative estimate of drug-likeness (QED) is 0.367. The standard InChI is InChI=1S/C22H19N3O2/c1-3-10-24-13(2)17(16-6-4-5-7-18(16)24)12-23-25-21(26)19-14-8-9-15(11-14)20(19)22(25)27/h1,4-9,12,14-15,19-20H,10-11H2,2H3/b23-12-/t14-,15-,19+,20+/m0/s1. The number of fused-ring (bicyclic) bond motifs is 6. The molecule has 2 amide bonds. The molecule has 1 saturated carbocycles. The second-order valence-corrected chi connectivity index (χ2v) is 7.54. The number of terminal acetylenes is 1. The summed E-state index contributed by atoms with van der Waals surface area (Å²) in [6, 6.07) is 7.94. The summed E-state index contributed by atoms with van der Waals surface area (Å²) in [6.45, 7) is 2.44. The van der Waals surface area contributed by atoms with Gasteiger partial charge in [-0.15, -0.1) is 6.42 Å². The molecule has 0 spiro atoms. The number of para-hydroxylation sites is 1. The highest BCUT2D eigenvalue weighted by Gasteiger charge is 2.59. The van der Waals surface area contributed by atoms with E-state index in [1.165, 1.54) is 0 Å². The van der Waals surface area contributed by atoms with E-state index in [1.54, 1.807) is 6.21 Å². The molecule has 0 N–H and O–H groups in total. The van der Waals surface area contributed by atoms with Gasteiger partial charge in [-0.2, -0.15) is 10.1 Å². The zero-order chi connectivity index (χ0) is 18.7. The highest BCUT2D eigenvalue weighted by Crippen LogP contribution is 2.52. The van der Waals surface area contributed by atoms with Crippen molar-refractivity contribution < 1.29 is 9.59 Å². The van der Waals surface area contributed by atoms with Gasteiger partial charge < -0.3 is 4.57 Å². The van der Waals surface area contributed by atoms with Crippen molar-refractivity contribution in [2.75, 3.05) is 0 Å². The van der Waals surface area contributed by atoms with E-state index in [9.17, 15) is 9.59 Å². The second-order valence-electron chi connectivity index (χ2n) is 7.54. The number of allylic oxidation sites excluding steroid dienone is 2. The molecule has 5 nitrogen and oxygen atoms in total. The number of imide groups is 1. The monoisotopic (exact) mass is 357 g/mol. The van der Waals surface area contributed by atoms with E-state index in [0.717, 1.165) is 33.6 Å². The van der Waals surface area contributed by atoms with Gasteiger partial charge in [0.25, 0.3) is 11.8 Å². The molecule has 2 fully saturated rings. The molecule has 2 bridgehead atoms. The fourth-order valence-corrected chi connectivity index (χ4v) is 5.03. The van der Waals surface area contributed by atoms with Gasteiger partial charge in [0.05, 0.1) is 24.6 Å². The van der Waals surface area contributed by atoms with Gasteiger partial charge in [-0.25, -0.2) is 0 Å². The van der Waals surface area contributed by atoms with E-state index < -0.39 is 0 Å². The van der Waals surface area contributed by atoms with E-state index in [0.29, 0.717) is 6.54 Å². The van der Waals surface area contributed by atoms with Crippen LogP contribution in [0.5, 0.6) is 0 Å². The Kier molecular flexibility index (Phi) is 3.38. The van der Waals surface area contributed by atoms with Crippen LogP contribution in [-0.4, -0.2) is 27.6 Å². The third-order valence-corrected chi connectivity index (χ3v) is 6.28. The van der Waals surface area contributed by atoms with Crippen LogP contribution >= 0.6 is 0 Å². The fourth-order valence-electron chi connectivity index (χ4n) is 5.03. The first-order valence-electron chi connectivity index (χ1n) is 9.23. The Morgan fingerprint density at radius 1 is 1.19 bits per heavy atom. The molecule has 1 aromatic carbocycles. The van der Waals surface area contributed by atoms with Gasteiger partial charge in [0.2, 0.25) is 0 Å². The summed E-state index contributed by atoms with van der Waals surface area (Å²) in [5.74, 6) is 2.28. The SMILES string of the molecule is C#CCn1c(C)c(/C=N\N2C(=O)[C@H]3[C@H](C2=O)[C@H]2C=C[C@H]3C2)c2ccccc21. The first-order valence-corrected chi connectivity index (χ1v) is 9.23. The molecular weight excluding hydrogens is 338 g/mol. The summed E-state index contributed by atoms with van der Waals surface area (Å²) >= 11 is 0. The van der Waals surface area contributed by atoms with Gasteiger partial charge in [-0.3, -0.25) is 9.59 Å². The highest BCUT2D eigenvalue weighted by molar-refractivity contribution is 6.08. The van der Waals surface area contributed by atoms with Crippen LogP contribution < -0.4 is 0 Å². The Balaban J connectivity index is 1.52. The molecule has 0 radical (unpaired) electrons. The molecular formula is C22H19N3O2. The lowest BCUT2D eigenvalue weighted by Gasteiger charge is -2.13. The first kappa shape index (κ1) is 16.1. The molecule has 1 aliphatic heterocycles. The lowest BCUT2D eigenvalue weighted by molar-refractivity contribution is -0.140. The van der Waals surface area contributed by atoms with Crippen LogP contribution in [0.1, 0.15) is 17.7 Å². The predicted molar refractivity (Wildman–Crippen MR) is 103 cm³/mol. The van der Waals surface area contributed by atoms with Crippen molar-refractivity contribution in [1.29, 1.82) is 0 Å². The van der Waals surface area contributed by atoms with E-state index >= 15 is 0 Å². The summed E-state index contributed by atoms with van der Waals surface area (Å²) < 4.78 is 2.04. The fraction of sp³-hybridized carbons (Fsp3) is 0.318. The van der Waals surface area contributed by atoms with Crippen molar-refractivity contribution in [3.05, 3.63) is 47.7 Å². The third-order valence-electron chi connectivity index (χ3n) is 6.28. The molecule has 134 valence electrons. The number of nitrogens with zero attached hydrogens (tertiary/aromatic N) is 3. The van der Waals surface area contributed by atoms with Crippen LogP contribution in [-0.2, 0) is 16.1 Å². The summed E-state index contributed by atoms with van der Waals surface area (Å²) in [5, 5.41) is 6.44. The molecule has 2 aromatic rings. The first-order chi connectivity index (χ1) is 13.1. The summed E-state index contributed by atoms with van der Waals surface area (Å²) in [5.41, 5.74) is 2.88. The Hall–Kier alpha value is -3.13. The number of hydrogen-bond donors (Lipinski definition) is 0. The molecule has 5 rings (SSSR count). The normalized spacial score (nSPS) is 28.7. The topological polar surface area (TPSA) is 54.7 Å². The van der Waals surface area contributed by atoms with Gasteiger partial charge >= 0.3 is 0 Å². The van der Waals surface area contributed by atoms with Crippen LogP contribution in [0.2, 0.25) is 0 Å². The summed E-state index contributed by atoms with van der Waals surface area (Å²) in [4.78, 5) is 25.6. The number of hydrazone groups is 1. The zero-order valence-corrected chi connectivity index (χ0v) is 15.0. The largest absolute Gasteiger partial charge is 0.333 e. The maximum Gasteiger partial charge on any atom is 0.254 e. The molecule has 0 unspecified atom stereocenters. The number of hydrogen-bond acceptors (Lipinski definition) is 3. The summed E-state index contributed by atoms with van der Waals surface area (Å²) in [6.07, 6.45) is 12.2. The van der Waals surface area contributed by atoms with Gasteiger partial charge in [0.15, 0.2) is 0 Å². The average molecular weight is 357 g/mol. The second kappa shape index (κ2) is 5.68.